The average Bonchev–Trinajstić information content (AvgIpc) is 2.60. The van der Waals surface area contributed by atoms with Crippen LogP contribution in [-0.4, -0.2) is 0 Å². The van der Waals surface area contributed by atoms with Gasteiger partial charge in [0.2, 0.25) is 0 Å². The lowest BCUT2D eigenvalue weighted by Crippen LogP contribution is -2.10. The number of halogens is 4. The molecule has 2 nitrogen and oxygen atoms in total. The minimum absolute atomic E-state index is 0.0996. The Bertz CT molecular complexity index is 1210. The maximum atomic E-state index is 14.2. The fraction of sp³-hybridized carbons (Fsp3) is 0.0500. The van der Waals surface area contributed by atoms with Crippen LogP contribution >= 0.6 is 0 Å². The molecule has 0 atom stereocenters. The van der Waals surface area contributed by atoms with Gasteiger partial charge in [-0.1, -0.05) is 36.4 Å². The number of rotatable bonds is 1. The SMILES string of the molecule is O=c1cc(-c2c(F)cccc2C(F)(F)F)oc2ccc3ccccc3c12. The van der Waals surface area contributed by atoms with E-state index in [9.17, 15) is 22.4 Å². The summed E-state index contributed by atoms with van der Waals surface area (Å²) in [6.45, 7) is 0. The van der Waals surface area contributed by atoms with Gasteiger partial charge in [-0.2, -0.15) is 13.2 Å². The minimum Gasteiger partial charge on any atom is -0.456 e. The summed E-state index contributed by atoms with van der Waals surface area (Å²) in [7, 11) is 0. The fourth-order valence-corrected chi connectivity index (χ4v) is 3.06. The van der Waals surface area contributed by atoms with Crippen LogP contribution < -0.4 is 5.43 Å². The largest absolute Gasteiger partial charge is 0.456 e. The number of alkyl halides is 3. The second kappa shape index (κ2) is 5.69. The molecule has 4 aromatic rings. The molecule has 1 heterocycles. The molecule has 0 aliphatic carbocycles. The molecule has 0 bridgehead atoms. The molecule has 3 aromatic carbocycles. The molecule has 0 radical (unpaired) electrons. The Balaban J connectivity index is 2.07. The lowest BCUT2D eigenvalue weighted by atomic mass is 10.0. The Kier molecular flexibility index (Phi) is 3.57. The van der Waals surface area contributed by atoms with Gasteiger partial charge in [0, 0.05) is 6.07 Å². The van der Waals surface area contributed by atoms with Crippen LogP contribution in [0, 0.1) is 5.82 Å². The molecule has 0 fully saturated rings. The molecule has 0 spiro atoms. The predicted octanol–water partition coefficient (Wildman–Crippen LogP) is 5.77. The lowest BCUT2D eigenvalue weighted by Gasteiger charge is -2.13. The highest BCUT2D eigenvalue weighted by atomic mass is 19.4. The minimum atomic E-state index is -4.78. The van der Waals surface area contributed by atoms with Gasteiger partial charge < -0.3 is 4.42 Å². The molecule has 0 saturated carbocycles. The number of hydrogen-bond acceptors (Lipinski definition) is 2. The van der Waals surface area contributed by atoms with Gasteiger partial charge in [0.1, 0.15) is 17.2 Å². The zero-order valence-corrected chi connectivity index (χ0v) is 13.1. The molecule has 0 saturated heterocycles. The highest BCUT2D eigenvalue weighted by Crippen LogP contribution is 2.39. The van der Waals surface area contributed by atoms with Gasteiger partial charge in [0.25, 0.3) is 0 Å². The van der Waals surface area contributed by atoms with Gasteiger partial charge in [-0.3, -0.25) is 4.79 Å². The second-order valence-electron chi connectivity index (χ2n) is 5.79. The van der Waals surface area contributed by atoms with Crippen molar-refractivity contribution in [2.75, 3.05) is 0 Å². The van der Waals surface area contributed by atoms with Crippen molar-refractivity contribution >= 4 is 21.7 Å². The summed E-state index contributed by atoms with van der Waals surface area (Å²) in [5.74, 6) is -1.56. The Morgan fingerprint density at radius 2 is 1.65 bits per heavy atom. The summed E-state index contributed by atoms with van der Waals surface area (Å²) in [4.78, 5) is 12.6. The van der Waals surface area contributed by atoms with Gasteiger partial charge in [-0.05, 0) is 29.0 Å². The van der Waals surface area contributed by atoms with E-state index < -0.39 is 34.3 Å². The highest BCUT2D eigenvalue weighted by molar-refractivity contribution is 6.05. The van der Waals surface area contributed by atoms with Gasteiger partial charge in [-0.15, -0.1) is 0 Å². The maximum Gasteiger partial charge on any atom is 0.417 e. The van der Waals surface area contributed by atoms with Crippen molar-refractivity contribution in [3.63, 3.8) is 0 Å². The van der Waals surface area contributed by atoms with Crippen LogP contribution in [0.1, 0.15) is 5.56 Å². The third-order valence-electron chi connectivity index (χ3n) is 4.18. The third-order valence-corrected chi connectivity index (χ3v) is 4.18. The van der Waals surface area contributed by atoms with E-state index in [1.807, 2.05) is 0 Å². The van der Waals surface area contributed by atoms with E-state index in [0.29, 0.717) is 5.39 Å². The summed E-state index contributed by atoms with van der Waals surface area (Å²) in [5, 5.41) is 1.66. The molecule has 0 aliphatic heterocycles. The number of benzene rings is 3. The first kappa shape index (κ1) is 16.3. The van der Waals surface area contributed by atoms with E-state index in [0.717, 1.165) is 29.7 Å². The lowest BCUT2D eigenvalue weighted by molar-refractivity contribution is -0.137. The Morgan fingerprint density at radius 1 is 0.885 bits per heavy atom. The van der Waals surface area contributed by atoms with E-state index in [1.165, 1.54) is 6.07 Å². The van der Waals surface area contributed by atoms with E-state index in [-0.39, 0.29) is 11.0 Å². The highest BCUT2D eigenvalue weighted by Gasteiger charge is 2.36. The molecule has 0 amide bonds. The van der Waals surface area contributed by atoms with Crippen molar-refractivity contribution in [1.29, 1.82) is 0 Å². The fourth-order valence-electron chi connectivity index (χ4n) is 3.06. The van der Waals surface area contributed by atoms with Gasteiger partial charge >= 0.3 is 6.18 Å². The molecule has 26 heavy (non-hydrogen) atoms. The van der Waals surface area contributed by atoms with Gasteiger partial charge in [0.15, 0.2) is 5.43 Å². The predicted molar refractivity (Wildman–Crippen MR) is 90.4 cm³/mol. The average molecular weight is 358 g/mol. The number of hydrogen-bond donors (Lipinski definition) is 0. The maximum absolute atomic E-state index is 14.2. The quantitative estimate of drug-likeness (QED) is 0.319. The smallest absolute Gasteiger partial charge is 0.417 e. The summed E-state index contributed by atoms with van der Waals surface area (Å²) in [6.07, 6.45) is -4.78. The van der Waals surface area contributed by atoms with E-state index in [4.69, 9.17) is 4.42 Å². The Morgan fingerprint density at radius 3 is 2.42 bits per heavy atom. The van der Waals surface area contributed by atoms with E-state index in [1.54, 1.807) is 30.3 Å². The van der Waals surface area contributed by atoms with Crippen LogP contribution in [0.2, 0.25) is 0 Å². The van der Waals surface area contributed by atoms with Crippen molar-refractivity contribution < 1.29 is 22.0 Å². The zero-order chi connectivity index (χ0) is 18.5. The summed E-state index contributed by atoms with van der Waals surface area (Å²) in [6, 6.07) is 13.8. The van der Waals surface area contributed by atoms with Crippen molar-refractivity contribution in [3.8, 4) is 11.3 Å². The standard InChI is InChI=1S/C20H10F4O2/c21-14-7-3-6-13(20(22,23)24)19(14)17-10-15(25)18-12-5-2-1-4-11(12)8-9-16(18)26-17/h1-10H. The Labute approximate surface area is 144 Å². The monoisotopic (exact) mass is 358 g/mol. The molecule has 6 heteroatoms. The van der Waals surface area contributed by atoms with Gasteiger partial charge in [-0.25, -0.2) is 4.39 Å². The molecule has 4 rings (SSSR count). The summed E-state index contributed by atoms with van der Waals surface area (Å²) < 4.78 is 59.5. The van der Waals surface area contributed by atoms with E-state index >= 15 is 0 Å². The van der Waals surface area contributed by atoms with Crippen LogP contribution in [0.4, 0.5) is 17.6 Å². The van der Waals surface area contributed by atoms with Crippen LogP contribution in [0.15, 0.2) is 69.9 Å². The zero-order valence-electron chi connectivity index (χ0n) is 13.1. The van der Waals surface area contributed by atoms with Crippen molar-refractivity contribution in [3.05, 3.63) is 82.3 Å². The molecule has 1 aromatic heterocycles. The van der Waals surface area contributed by atoms with Crippen molar-refractivity contribution in [2.24, 2.45) is 0 Å². The summed E-state index contributed by atoms with van der Waals surface area (Å²) in [5.41, 5.74) is -2.40. The normalized spacial score (nSPS) is 12.0. The summed E-state index contributed by atoms with van der Waals surface area (Å²) >= 11 is 0. The molecular weight excluding hydrogens is 348 g/mol. The number of fused-ring (bicyclic) bond motifs is 3. The third kappa shape index (κ3) is 2.54. The molecule has 0 N–H and O–H groups in total. The molecule has 130 valence electrons. The molecule has 0 aliphatic rings. The molecular formula is C20H10F4O2. The van der Waals surface area contributed by atoms with Crippen molar-refractivity contribution in [1.82, 2.24) is 0 Å². The van der Waals surface area contributed by atoms with Crippen LogP contribution in [0.5, 0.6) is 0 Å². The topological polar surface area (TPSA) is 30.2 Å². The van der Waals surface area contributed by atoms with Gasteiger partial charge in [0.05, 0.1) is 16.5 Å². The molecule has 0 unspecified atom stereocenters. The van der Waals surface area contributed by atoms with E-state index in [2.05, 4.69) is 0 Å². The van der Waals surface area contributed by atoms with Crippen LogP contribution in [0.25, 0.3) is 33.1 Å². The first-order chi connectivity index (χ1) is 12.4. The first-order valence-electron chi connectivity index (χ1n) is 7.68. The van der Waals surface area contributed by atoms with Crippen molar-refractivity contribution in [2.45, 2.75) is 6.18 Å². The second-order valence-corrected chi connectivity index (χ2v) is 5.79. The van der Waals surface area contributed by atoms with Crippen LogP contribution in [0.3, 0.4) is 0 Å². The van der Waals surface area contributed by atoms with Crippen LogP contribution in [-0.2, 0) is 6.18 Å². The first-order valence-corrected chi connectivity index (χ1v) is 7.68. The Hall–Kier alpha value is -3.15.